The van der Waals surface area contributed by atoms with Gasteiger partial charge in [-0.1, -0.05) is 30.3 Å². The number of benzene rings is 2. The van der Waals surface area contributed by atoms with Gasteiger partial charge in [-0.3, -0.25) is 0 Å². The smallest absolute Gasteiger partial charge is 0.340 e. The van der Waals surface area contributed by atoms with E-state index in [1.165, 1.54) is 19.2 Å². The fraction of sp³-hybridized carbons (Fsp3) is 0.188. The van der Waals surface area contributed by atoms with Gasteiger partial charge in [-0.2, -0.15) is 0 Å². The third-order valence-electron chi connectivity index (χ3n) is 3.05. The largest absolute Gasteiger partial charge is 0.465 e. The molecule has 104 valence electrons. The molecule has 0 bridgehead atoms. The Morgan fingerprint density at radius 2 is 1.90 bits per heavy atom. The highest BCUT2D eigenvalue weighted by molar-refractivity contribution is 5.90. The normalized spacial score (nSPS) is 11.8. The van der Waals surface area contributed by atoms with Crippen LogP contribution in [0.5, 0.6) is 0 Å². The van der Waals surface area contributed by atoms with Crippen molar-refractivity contribution in [3.8, 4) is 0 Å². The van der Waals surface area contributed by atoms with Crippen molar-refractivity contribution in [1.82, 2.24) is 0 Å². The van der Waals surface area contributed by atoms with Crippen molar-refractivity contribution >= 4 is 11.7 Å². The number of halogens is 1. The second-order valence-electron chi connectivity index (χ2n) is 4.46. The number of rotatable bonds is 4. The fourth-order valence-corrected chi connectivity index (χ4v) is 1.96. The Kier molecular flexibility index (Phi) is 4.35. The maximum atomic E-state index is 13.5. The van der Waals surface area contributed by atoms with Gasteiger partial charge < -0.3 is 10.1 Å². The highest BCUT2D eigenvalue weighted by Crippen LogP contribution is 2.21. The van der Waals surface area contributed by atoms with Crippen molar-refractivity contribution in [3.63, 3.8) is 0 Å². The molecule has 0 spiro atoms. The third kappa shape index (κ3) is 3.15. The molecule has 0 aliphatic heterocycles. The Morgan fingerprint density at radius 1 is 1.20 bits per heavy atom. The molecule has 20 heavy (non-hydrogen) atoms. The minimum Gasteiger partial charge on any atom is -0.465 e. The number of nitrogens with one attached hydrogen (secondary N) is 1. The van der Waals surface area contributed by atoms with Crippen molar-refractivity contribution in [2.75, 3.05) is 12.4 Å². The molecule has 2 rings (SSSR count). The summed E-state index contributed by atoms with van der Waals surface area (Å²) in [6.45, 7) is 2.00. The highest BCUT2D eigenvalue weighted by atomic mass is 19.1. The van der Waals surface area contributed by atoms with E-state index in [0.29, 0.717) is 5.69 Å². The third-order valence-corrected chi connectivity index (χ3v) is 3.05. The van der Waals surface area contributed by atoms with E-state index in [4.69, 9.17) is 0 Å². The Bertz CT molecular complexity index is 599. The summed E-state index contributed by atoms with van der Waals surface area (Å²) in [5.74, 6) is -1.27. The average molecular weight is 273 g/mol. The van der Waals surface area contributed by atoms with Crippen LogP contribution < -0.4 is 5.32 Å². The second kappa shape index (κ2) is 6.19. The Labute approximate surface area is 117 Å². The first kappa shape index (κ1) is 14.1. The van der Waals surface area contributed by atoms with Gasteiger partial charge in [-0.05, 0) is 30.7 Å². The van der Waals surface area contributed by atoms with E-state index in [1.807, 2.05) is 37.3 Å². The van der Waals surface area contributed by atoms with Crippen molar-refractivity contribution in [3.05, 3.63) is 65.5 Å². The van der Waals surface area contributed by atoms with E-state index in [9.17, 15) is 9.18 Å². The zero-order valence-electron chi connectivity index (χ0n) is 11.4. The van der Waals surface area contributed by atoms with Crippen molar-refractivity contribution in [1.29, 1.82) is 0 Å². The lowest BCUT2D eigenvalue weighted by Crippen LogP contribution is -2.09. The molecule has 1 atom stereocenters. The Hall–Kier alpha value is -2.36. The van der Waals surface area contributed by atoms with Crippen LogP contribution in [0.3, 0.4) is 0 Å². The van der Waals surface area contributed by atoms with Gasteiger partial charge in [0.05, 0.1) is 12.7 Å². The number of ether oxygens (including phenoxy) is 1. The Morgan fingerprint density at radius 3 is 2.55 bits per heavy atom. The molecule has 0 saturated carbocycles. The lowest BCUT2D eigenvalue weighted by Gasteiger charge is -2.16. The van der Waals surface area contributed by atoms with Gasteiger partial charge in [0, 0.05) is 11.7 Å². The van der Waals surface area contributed by atoms with Crippen LogP contribution in [0.25, 0.3) is 0 Å². The predicted molar refractivity (Wildman–Crippen MR) is 76.2 cm³/mol. The molecule has 0 radical (unpaired) electrons. The Balaban J connectivity index is 2.20. The number of hydrogen-bond acceptors (Lipinski definition) is 3. The lowest BCUT2D eigenvalue weighted by molar-refractivity contribution is 0.0595. The SMILES string of the molecule is COC(=O)c1cc(NC(C)c2ccccc2)ccc1F. The molecule has 0 aliphatic rings. The topological polar surface area (TPSA) is 38.3 Å². The molecule has 1 unspecified atom stereocenters. The quantitative estimate of drug-likeness (QED) is 0.861. The molecule has 0 saturated heterocycles. The molecule has 0 aromatic heterocycles. The molecule has 3 nitrogen and oxygen atoms in total. The number of carbonyl (C=O) groups excluding carboxylic acids is 1. The van der Waals surface area contributed by atoms with Crippen LogP contribution in [-0.4, -0.2) is 13.1 Å². The number of anilines is 1. The van der Waals surface area contributed by atoms with E-state index in [1.54, 1.807) is 6.07 Å². The van der Waals surface area contributed by atoms with E-state index < -0.39 is 11.8 Å². The van der Waals surface area contributed by atoms with E-state index in [0.717, 1.165) is 5.56 Å². The van der Waals surface area contributed by atoms with Crippen LogP contribution in [-0.2, 0) is 4.74 Å². The summed E-state index contributed by atoms with van der Waals surface area (Å²) < 4.78 is 18.1. The van der Waals surface area contributed by atoms with Gasteiger partial charge in [0.2, 0.25) is 0 Å². The molecule has 0 aliphatic carbocycles. The van der Waals surface area contributed by atoms with Gasteiger partial charge in [-0.15, -0.1) is 0 Å². The minimum absolute atomic E-state index is 0.0483. The first-order valence-electron chi connectivity index (χ1n) is 6.31. The van der Waals surface area contributed by atoms with E-state index in [-0.39, 0.29) is 11.6 Å². The van der Waals surface area contributed by atoms with Gasteiger partial charge >= 0.3 is 5.97 Å². The average Bonchev–Trinajstić information content (AvgIpc) is 2.49. The van der Waals surface area contributed by atoms with Crippen LogP contribution in [0, 0.1) is 5.82 Å². The van der Waals surface area contributed by atoms with Crippen molar-refractivity contribution in [2.45, 2.75) is 13.0 Å². The first-order chi connectivity index (χ1) is 9.61. The molecular weight excluding hydrogens is 257 g/mol. The fourth-order valence-electron chi connectivity index (χ4n) is 1.96. The number of hydrogen-bond donors (Lipinski definition) is 1. The van der Waals surface area contributed by atoms with Crippen LogP contribution >= 0.6 is 0 Å². The molecular formula is C16H16FNO2. The summed E-state index contributed by atoms with van der Waals surface area (Å²) >= 11 is 0. The lowest BCUT2D eigenvalue weighted by atomic mass is 10.1. The summed E-state index contributed by atoms with van der Waals surface area (Å²) in [6, 6.07) is 14.2. The van der Waals surface area contributed by atoms with Crippen molar-refractivity contribution < 1.29 is 13.9 Å². The van der Waals surface area contributed by atoms with Gasteiger partial charge in [0.25, 0.3) is 0 Å². The molecule has 2 aromatic carbocycles. The predicted octanol–water partition coefficient (Wildman–Crippen LogP) is 3.79. The van der Waals surface area contributed by atoms with Gasteiger partial charge in [0.15, 0.2) is 0 Å². The zero-order chi connectivity index (χ0) is 14.5. The summed E-state index contributed by atoms with van der Waals surface area (Å²) in [5, 5.41) is 3.23. The summed E-state index contributed by atoms with van der Waals surface area (Å²) in [4.78, 5) is 11.5. The van der Waals surface area contributed by atoms with Gasteiger partial charge in [-0.25, -0.2) is 9.18 Å². The van der Waals surface area contributed by atoms with Crippen molar-refractivity contribution in [2.24, 2.45) is 0 Å². The first-order valence-corrected chi connectivity index (χ1v) is 6.31. The van der Waals surface area contributed by atoms with E-state index >= 15 is 0 Å². The van der Waals surface area contributed by atoms with Crippen LogP contribution in [0.15, 0.2) is 48.5 Å². The van der Waals surface area contributed by atoms with Crippen LogP contribution in [0.2, 0.25) is 0 Å². The van der Waals surface area contributed by atoms with Gasteiger partial charge in [0.1, 0.15) is 5.82 Å². The molecule has 0 amide bonds. The molecule has 0 fully saturated rings. The maximum absolute atomic E-state index is 13.5. The molecule has 2 aromatic rings. The highest BCUT2D eigenvalue weighted by Gasteiger charge is 2.13. The zero-order valence-corrected chi connectivity index (χ0v) is 11.4. The summed E-state index contributed by atoms with van der Waals surface area (Å²) in [6.07, 6.45) is 0. The molecule has 4 heteroatoms. The van der Waals surface area contributed by atoms with Crippen LogP contribution in [0.1, 0.15) is 28.9 Å². The standard InChI is InChI=1S/C16H16FNO2/c1-11(12-6-4-3-5-7-12)18-13-8-9-15(17)14(10-13)16(19)20-2/h3-11,18H,1-2H3. The summed E-state index contributed by atoms with van der Waals surface area (Å²) in [5.41, 5.74) is 1.71. The molecule has 1 N–H and O–H groups in total. The molecule has 0 heterocycles. The van der Waals surface area contributed by atoms with Crippen LogP contribution in [0.4, 0.5) is 10.1 Å². The second-order valence-corrected chi connectivity index (χ2v) is 4.46. The summed E-state index contributed by atoms with van der Waals surface area (Å²) in [7, 11) is 1.23. The monoisotopic (exact) mass is 273 g/mol. The maximum Gasteiger partial charge on any atom is 0.340 e. The number of methoxy groups -OCH3 is 1. The number of esters is 1. The minimum atomic E-state index is -0.682. The van der Waals surface area contributed by atoms with E-state index in [2.05, 4.69) is 10.1 Å². The number of carbonyl (C=O) groups is 1.